The van der Waals surface area contributed by atoms with Gasteiger partial charge in [0, 0.05) is 11.9 Å². The Morgan fingerprint density at radius 1 is 1.12 bits per heavy atom. The van der Waals surface area contributed by atoms with Crippen molar-refractivity contribution in [2.75, 3.05) is 0 Å². The standard InChI is InChI=1S/C15H16N2/c1-11-5-4-6-12-8-9-14(17-15(11)12)13-7-2-3-10-16-13/h2-3,7-11H,4-6H2,1H3. The highest BCUT2D eigenvalue weighted by Crippen LogP contribution is 2.31. The second-order valence-corrected chi connectivity index (χ2v) is 4.75. The second-order valence-electron chi connectivity index (χ2n) is 4.75. The predicted molar refractivity (Wildman–Crippen MR) is 68.8 cm³/mol. The molecule has 0 bridgehead atoms. The van der Waals surface area contributed by atoms with E-state index >= 15 is 0 Å². The Morgan fingerprint density at radius 3 is 2.88 bits per heavy atom. The highest BCUT2D eigenvalue weighted by atomic mass is 14.8. The van der Waals surface area contributed by atoms with E-state index < -0.39 is 0 Å². The lowest BCUT2D eigenvalue weighted by molar-refractivity contribution is 0.574. The lowest BCUT2D eigenvalue weighted by Gasteiger charge is -2.21. The lowest BCUT2D eigenvalue weighted by Crippen LogP contribution is -2.09. The molecule has 0 saturated heterocycles. The molecular weight excluding hydrogens is 208 g/mol. The van der Waals surface area contributed by atoms with Gasteiger partial charge in [-0.15, -0.1) is 0 Å². The Morgan fingerprint density at radius 2 is 2.06 bits per heavy atom. The first-order chi connectivity index (χ1) is 8.34. The van der Waals surface area contributed by atoms with Crippen molar-refractivity contribution in [3.8, 4) is 11.4 Å². The van der Waals surface area contributed by atoms with Crippen molar-refractivity contribution >= 4 is 0 Å². The summed E-state index contributed by atoms with van der Waals surface area (Å²) in [6, 6.07) is 10.3. The number of aromatic nitrogens is 2. The monoisotopic (exact) mass is 224 g/mol. The first-order valence-corrected chi connectivity index (χ1v) is 6.26. The van der Waals surface area contributed by atoms with Crippen molar-refractivity contribution < 1.29 is 0 Å². The molecule has 0 aromatic carbocycles. The summed E-state index contributed by atoms with van der Waals surface area (Å²) in [5.41, 5.74) is 4.66. The zero-order valence-electron chi connectivity index (χ0n) is 10.1. The molecule has 2 nitrogen and oxygen atoms in total. The molecule has 2 heterocycles. The summed E-state index contributed by atoms with van der Waals surface area (Å²) < 4.78 is 0. The molecule has 2 aromatic heterocycles. The van der Waals surface area contributed by atoms with Gasteiger partial charge in [0.15, 0.2) is 0 Å². The molecule has 1 aliphatic rings. The van der Waals surface area contributed by atoms with Crippen LogP contribution in [0.25, 0.3) is 11.4 Å². The maximum absolute atomic E-state index is 4.80. The number of fused-ring (bicyclic) bond motifs is 1. The van der Waals surface area contributed by atoms with Gasteiger partial charge in [0.1, 0.15) is 0 Å². The summed E-state index contributed by atoms with van der Waals surface area (Å²) in [5, 5.41) is 0. The fourth-order valence-corrected chi connectivity index (χ4v) is 2.53. The highest BCUT2D eigenvalue weighted by molar-refractivity contribution is 5.54. The molecule has 2 heteroatoms. The van der Waals surface area contributed by atoms with Crippen LogP contribution in [0.15, 0.2) is 36.5 Å². The third-order valence-electron chi connectivity index (χ3n) is 3.49. The summed E-state index contributed by atoms with van der Waals surface area (Å²) in [6.45, 7) is 2.27. The summed E-state index contributed by atoms with van der Waals surface area (Å²) >= 11 is 0. The van der Waals surface area contributed by atoms with Gasteiger partial charge in [-0.2, -0.15) is 0 Å². The summed E-state index contributed by atoms with van der Waals surface area (Å²) in [6.07, 6.45) is 5.54. The minimum absolute atomic E-state index is 0.586. The van der Waals surface area contributed by atoms with Crippen molar-refractivity contribution in [2.45, 2.75) is 32.1 Å². The van der Waals surface area contributed by atoms with E-state index in [1.165, 1.54) is 30.5 Å². The Balaban J connectivity index is 2.06. The minimum Gasteiger partial charge on any atom is -0.255 e. The van der Waals surface area contributed by atoms with Crippen LogP contribution in [0, 0.1) is 0 Å². The van der Waals surface area contributed by atoms with E-state index in [0.717, 1.165) is 11.4 Å². The van der Waals surface area contributed by atoms with Gasteiger partial charge in [-0.05, 0) is 48.9 Å². The molecule has 0 spiro atoms. The van der Waals surface area contributed by atoms with Gasteiger partial charge >= 0.3 is 0 Å². The molecule has 1 unspecified atom stereocenters. The first kappa shape index (κ1) is 10.5. The van der Waals surface area contributed by atoms with Crippen LogP contribution in [0.3, 0.4) is 0 Å². The lowest BCUT2D eigenvalue weighted by atomic mass is 9.87. The fourth-order valence-electron chi connectivity index (χ4n) is 2.53. The third kappa shape index (κ3) is 1.95. The van der Waals surface area contributed by atoms with Crippen LogP contribution < -0.4 is 0 Å². The van der Waals surface area contributed by atoms with Crippen molar-refractivity contribution in [1.82, 2.24) is 9.97 Å². The SMILES string of the molecule is CC1CCCc2ccc(-c3ccccn3)nc21. The molecule has 0 fully saturated rings. The highest BCUT2D eigenvalue weighted by Gasteiger charge is 2.18. The van der Waals surface area contributed by atoms with Crippen LogP contribution in [0.5, 0.6) is 0 Å². The maximum atomic E-state index is 4.80. The van der Waals surface area contributed by atoms with Crippen LogP contribution in [0.1, 0.15) is 36.9 Å². The van der Waals surface area contributed by atoms with Crippen LogP contribution >= 0.6 is 0 Å². The van der Waals surface area contributed by atoms with E-state index in [9.17, 15) is 0 Å². The maximum Gasteiger partial charge on any atom is 0.0889 e. The van der Waals surface area contributed by atoms with Crippen molar-refractivity contribution in [3.63, 3.8) is 0 Å². The Labute approximate surface area is 102 Å². The Kier molecular flexibility index (Phi) is 2.63. The molecule has 0 aliphatic heterocycles. The molecule has 2 aromatic rings. The molecule has 0 radical (unpaired) electrons. The number of pyridine rings is 2. The van der Waals surface area contributed by atoms with E-state index in [-0.39, 0.29) is 0 Å². The summed E-state index contributed by atoms with van der Waals surface area (Å²) in [4.78, 5) is 9.16. The van der Waals surface area contributed by atoms with Crippen molar-refractivity contribution in [1.29, 1.82) is 0 Å². The van der Waals surface area contributed by atoms with E-state index in [1.807, 2.05) is 24.4 Å². The summed E-state index contributed by atoms with van der Waals surface area (Å²) in [5.74, 6) is 0.586. The largest absolute Gasteiger partial charge is 0.255 e. The quantitative estimate of drug-likeness (QED) is 0.740. The number of nitrogens with zero attached hydrogens (tertiary/aromatic N) is 2. The van der Waals surface area contributed by atoms with Crippen molar-refractivity contribution in [3.05, 3.63) is 47.8 Å². The van der Waals surface area contributed by atoms with Gasteiger partial charge in [0.25, 0.3) is 0 Å². The summed E-state index contributed by atoms with van der Waals surface area (Å²) in [7, 11) is 0. The zero-order chi connectivity index (χ0) is 11.7. The first-order valence-electron chi connectivity index (χ1n) is 6.26. The van der Waals surface area contributed by atoms with E-state index in [1.54, 1.807) is 0 Å². The molecule has 86 valence electrons. The number of rotatable bonds is 1. The van der Waals surface area contributed by atoms with E-state index in [0.29, 0.717) is 5.92 Å². The molecule has 17 heavy (non-hydrogen) atoms. The van der Waals surface area contributed by atoms with Gasteiger partial charge in [-0.1, -0.05) is 19.1 Å². The molecule has 0 saturated carbocycles. The van der Waals surface area contributed by atoms with Crippen molar-refractivity contribution in [2.24, 2.45) is 0 Å². The Hall–Kier alpha value is -1.70. The molecular formula is C15H16N2. The van der Waals surface area contributed by atoms with E-state index in [4.69, 9.17) is 4.98 Å². The second kappa shape index (κ2) is 4.28. The van der Waals surface area contributed by atoms with Gasteiger partial charge in [0.05, 0.1) is 11.4 Å². The molecule has 0 amide bonds. The fraction of sp³-hybridized carbons (Fsp3) is 0.333. The topological polar surface area (TPSA) is 25.8 Å². The normalized spacial score (nSPS) is 18.8. The minimum atomic E-state index is 0.586. The molecule has 0 N–H and O–H groups in total. The zero-order valence-corrected chi connectivity index (χ0v) is 10.1. The predicted octanol–water partition coefficient (Wildman–Crippen LogP) is 3.58. The molecule has 1 atom stereocenters. The number of hydrogen-bond donors (Lipinski definition) is 0. The average molecular weight is 224 g/mol. The van der Waals surface area contributed by atoms with Crippen LogP contribution in [-0.2, 0) is 6.42 Å². The Bertz CT molecular complexity index is 520. The van der Waals surface area contributed by atoms with Gasteiger partial charge in [-0.25, -0.2) is 0 Å². The number of hydrogen-bond acceptors (Lipinski definition) is 2. The van der Waals surface area contributed by atoms with Crippen LogP contribution in [0.4, 0.5) is 0 Å². The van der Waals surface area contributed by atoms with Gasteiger partial charge in [0.2, 0.25) is 0 Å². The molecule has 1 aliphatic carbocycles. The van der Waals surface area contributed by atoms with Crippen LogP contribution in [-0.4, -0.2) is 9.97 Å². The van der Waals surface area contributed by atoms with Crippen LogP contribution in [0.2, 0.25) is 0 Å². The number of aryl methyl sites for hydroxylation is 1. The average Bonchev–Trinajstić information content (AvgIpc) is 2.40. The third-order valence-corrected chi connectivity index (χ3v) is 3.49. The van der Waals surface area contributed by atoms with Gasteiger partial charge in [-0.3, -0.25) is 9.97 Å². The van der Waals surface area contributed by atoms with E-state index in [2.05, 4.69) is 24.0 Å². The van der Waals surface area contributed by atoms with Gasteiger partial charge < -0.3 is 0 Å². The molecule has 3 rings (SSSR count). The smallest absolute Gasteiger partial charge is 0.0889 e.